The molecule has 0 unspecified atom stereocenters. The van der Waals surface area contributed by atoms with Crippen LogP contribution in [0.1, 0.15) is 53.9 Å². The molecule has 94 valence electrons. The molecule has 1 aliphatic rings. The molecule has 1 rings (SSSR count). The number of nitrogens with zero attached hydrogens (tertiary/aromatic N) is 1. The van der Waals surface area contributed by atoms with E-state index >= 15 is 0 Å². The summed E-state index contributed by atoms with van der Waals surface area (Å²) < 4.78 is 0. The van der Waals surface area contributed by atoms with Gasteiger partial charge in [0, 0.05) is 18.5 Å². The third-order valence-electron chi connectivity index (χ3n) is 3.27. The van der Waals surface area contributed by atoms with Gasteiger partial charge in [-0.15, -0.1) is 0 Å². The number of carbonyl (C=O) groups excluding carboxylic acids is 1. The summed E-state index contributed by atoms with van der Waals surface area (Å²) in [6.45, 7) is 11.7. The Morgan fingerprint density at radius 1 is 1.19 bits per heavy atom. The van der Waals surface area contributed by atoms with E-state index in [2.05, 4.69) is 25.7 Å². The lowest BCUT2D eigenvalue weighted by Crippen LogP contribution is -2.42. The van der Waals surface area contributed by atoms with Crippen LogP contribution in [-0.2, 0) is 4.79 Å². The second-order valence-electron chi connectivity index (χ2n) is 6.07. The molecule has 0 N–H and O–H groups in total. The number of hydrogen-bond donors (Lipinski definition) is 0. The van der Waals surface area contributed by atoms with Crippen molar-refractivity contribution in [2.24, 2.45) is 17.8 Å². The van der Waals surface area contributed by atoms with Crippen LogP contribution in [0.4, 0.5) is 0 Å². The molecule has 0 spiro atoms. The largest absolute Gasteiger partial charge is 0.339 e. The summed E-state index contributed by atoms with van der Waals surface area (Å²) in [6, 6.07) is 0.399. The van der Waals surface area contributed by atoms with Crippen molar-refractivity contribution in [3.8, 4) is 0 Å². The van der Waals surface area contributed by atoms with Crippen molar-refractivity contribution in [2.45, 2.75) is 59.9 Å². The molecule has 1 saturated carbocycles. The monoisotopic (exact) mass is 225 g/mol. The summed E-state index contributed by atoms with van der Waals surface area (Å²) >= 11 is 0. The fourth-order valence-electron chi connectivity index (χ4n) is 2.21. The van der Waals surface area contributed by atoms with Gasteiger partial charge in [0.05, 0.1) is 0 Å². The Bertz CT molecular complexity index is 231. The third-order valence-corrected chi connectivity index (χ3v) is 3.27. The molecule has 1 fully saturated rings. The first-order valence-electron chi connectivity index (χ1n) is 6.72. The lowest BCUT2D eigenvalue weighted by atomic mass is 10.0. The molecule has 0 aliphatic heterocycles. The zero-order chi connectivity index (χ0) is 12.3. The van der Waals surface area contributed by atoms with Crippen molar-refractivity contribution in [3.05, 3.63) is 0 Å². The molecule has 0 radical (unpaired) electrons. The standard InChI is InChI=1S/C14H27NO/c1-10(2)8-12(5)15(9-13-6-7-13)14(16)11(3)4/h10-13H,6-9H2,1-5H3/t12-/m0/s1. The molecule has 0 bridgehead atoms. The molecule has 1 aliphatic carbocycles. The van der Waals surface area contributed by atoms with Gasteiger partial charge in [0.25, 0.3) is 0 Å². The van der Waals surface area contributed by atoms with Crippen LogP contribution in [-0.4, -0.2) is 23.4 Å². The van der Waals surface area contributed by atoms with E-state index in [0.29, 0.717) is 17.9 Å². The van der Waals surface area contributed by atoms with Gasteiger partial charge in [-0.3, -0.25) is 4.79 Å². The van der Waals surface area contributed by atoms with Gasteiger partial charge in [0.2, 0.25) is 5.91 Å². The zero-order valence-corrected chi connectivity index (χ0v) is 11.5. The highest BCUT2D eigenvalue weighted by Crippen LogP contribution is 2.31. The Kier molecular flexibility index (Phi) is 4.82. The highest BCUT2D eigenvalue weighted by atomic mass is 16.2. The Balaban J connectivity index is 2.57. The summed E-state index contributed by atoms with van der Waals surface area (Å²) in [6.07, 6.45) is 3.75. The molecule has 2 heteroatoms. The first-order chi connectivity index (χ1) is 7.41. The first kappa shape index (κ1) is 13.5. The maximum atomic E-state index is 12.2. The molecular formula is C14H27NO. The van der Waals surface area contributed by atoms with E-state index in [1.54, 1.807) is 0 Å². The summed E-state index contributed by atoms with van der Waals surface area (Å²) in [5.74, 6) is 1.92. The summed E-state index contributed by atoms with van der Waals surface area (Å²) in [5, 5.41) is 0. The molecular weight excluding hydrogens is 198 g/mol. The molecule has 2 nitrogen and oxygen atoms in total. The molecule has 0 aromatic rings. The van der Waals surface area contributed by atoms with Crippen molar-refractivity contribution in [3.63, 3.8) is 0 Å². The Labute approximate surface area is 100 Å². The summed E-state index contributed by atoms with van der Waals surface area (Å²) in [4.78, 5) is 14.3. The Morgan fingerprint density at radius 3 is 2.12 bits per heavy atom. The normalized spacial score (nSPS) is 17.9. The number of rotatable bonds is 6. The van der Waals surface area contributed by atoms with Crippen molar-refractivity contribution < 1.29 is 4.79 Å². The average molecular weight is 225 g/mol. The van der Waals surface area contributed by atoms with E-state index < -0.39 is 0 Å². The molecule has 0 heterocycles. The third kappa shape index (κ3) is 4.15. The van der Waals surface area contributed by atoms with E-state index in [1.807, 2.05) is 13.8 Å². The maximum Gasteiger partial charge on any atom is 0.225 e. The van der Waals surface area contributed by atoms with Gasteiger partial charge in [0.15, 0.2) is 0 Å². The van der Waals surface area contributed by atoms with Crippen LogP contribution in [0.5, 0.6) is 0 Å². The molecule has 1 atom stereocenters. The van der Waals surface area contributed by atoms with Crippen LogP contribution in [0.3, 0.4) is 0 Å². The van der Waals surface area contributed by atoms with Crippen LogP contribution >= 0.6 is 0 Å². The highest BCUT2D eigenvalue weighted by Gasteiger charge is 2.30. The fourth-order valence-corrected chi connectivity index (χ4v) is 2.21. The van der Waals surface area contributed by atoms with Gasteiger partial charge in [-0.1, -0.05) is 27.7 Å². The number of carbonyl (C=O) groups is 1. The second kappa shape index (κ2) is 5.70. The average Bonchev–Trinajstić information content (AvgIpc) is 2.95. The van der Waals surface area contributed by atoms with Gasteiger partial charge < -0.3 is 4.90 Å². The van der Waals surface area contributed by atoms with Crippen LogP contribution in [0.2, 0.25) is 0 Å². The topological polar surface area (TPSA) is 20.3 Å². The predicted octanol–water partition coefficient (Wildman–Crippen LogP) is 3.32. The van der Waals surface area contributed by atoms with E-state index in [9.17, 15) is 4.79 Å². The van der Waals surface area contributed by atoms with Gasteiger partial charge in [0.1, 0.15) is 0 Å². The number of amides is 1. The molecule has 0 aromatic heterocycles. The van der Waals surface area contributed by atoms with E-state index in [4.69, 9.17) is 0 Å². The van der Waals surface area contributed by atoms with Crippen LogP contribution in [0, 0.1) is 17.8 Å². The summed E-state index contributed by atoms with van der Waals surface area (Å²) in [5.41, 5.74) is 0. The van der Waals surface area contributed by atoms with Gasteiger partial charge in [-0.2, -0.15) is 0 Å². The minimum atomic E-state index is 0.133. The minimum absolute atomic E-state index is 0.133. The van der Waals surface area contributed by atoms with E-state index in [-0.39, 0.29) is 5.92 Å². The van der Waals surface area contributed by atoms with Crippen molar-refractivity contribution in [1.29, 1.82) is 0 Å². The zero-order valence-electron chi connectivity index (χ0n) is 11.5. The van der Waals surface area contributed by atoms with Crippen LogP contribution in [0.25, 0.3) is 0 Å². The van der Waals surface area contributed by atoms with Crippen LogP contribution in [0.15, 0.2) is 0 Å². The van der Waals surface area contributed by atoms with Crippen molar-refractivity contribution >= 4 is 5.91 Å². The Morgan fingerprint density at radius 2 is 1.75 bits per heavy atom. The fraction of sp³-hybridized carbons (Fsp3) is 0.929. The van der Waals surface area contributed by atoms with Crippen molar-refractivity contribution in [2.75, 3.05) is 6.54 Å². The second-order valence-corrected chi connectivity index (χ2v) is 6.07. The lowest BCUT2D eigenvalue weighted by molar-refractivity contribution is -0.137. The predicted molar refractivity (Wildman–Crippen MR) is 68.2 cm³/mol. The van der Waals surface area contributed by atoms with Crippen molar-refractivity contribution in [1.82, 2.24) is 4.90 Å². The quantitative estimate of drug-likeness (QED) is 0.679. The SMILES string of the molecule is CC(C)C[C@H](C)N(CC1CC1)C(=O)C(C)C. The summed E-state index contributed by atoms with van der Waals surface area (Å²) in [7, 11) is 0. The Hall–Kier alpha value is -0.530. The molecule has 16 heavy (non-hydrogen) atoms. The lowest BCUT2D eigenvalue weighted by Gasteiger charge is -2.32. The smallest absolute Gasteiger partial charge is 0.225 e. The molecule has 0 saturated heterocycles. The first-order valence-corrected chi connectivity index (χ1v) is 6.72. The van der Waals surface area contributed by atoms with E-state index in [0.717, 1.165) is 18.9 Å². The van der Waals surface area contributed by atoms with Gasteiger partial charge >= 0.3 is 0 Å². The molecule has 0 aromatic carbocycles. The maximum absolute atomic E-state index is 12.2. The van der Waals surface area contributed by atoms with Gasteiger partial charge in [-0.25, -0.2) is 0 Å². The van der Waals surface area contributed by atoms with E-state index in [1.165, 1.54) is 12.8 Å². The van der Waals surface area contributed by atoms with Gasteiger partial charge in [-0.05, 0) is 38.0 Å². The van der Waals surface area contributed by atoms with Crippen LogP contribution < -0.4 is 0 Å². The minimum Gasteiger partial charge on any atom is -0.339 e. The number of hydrogen-bond acceptors (Lipinski definition) is 1. The molecule has 1 amide bonds. The highest BCUT2D eigenvalue weighted by molar-refractivity contribution is 5.78.